The molecule has 0 aromatic heterocycles. The first-order chi connectivity index (χ1) is 5.66. The first-order valence-corrected chi connectivity index (χ1v) is 7.93. The molecule has 1 aliphatic carbocycles. The van der Waals surface area contributed by atoms with Crippen LogP contribution in [0.15, 0.2) is 0 Å². The molecule has 0 aromatic rings. The number of hydrogen-bond acceptors (Lipinski definition) is 1. The van der Waals surface area contributed by atoms with Crippen LogP contribution in [0.2, 0.25) is 18.1 Å². The van der Waals surface area contributed by atoms with Crippen molar-refractivity contribution < 1.29 is 5.11 Å². The van der Waals surface area contributed by atoms with Crippen molar-refractivity contribution in [3.8, 4) is 11.5 Å². The van der Waals surface area contributed by atoms with E-state index >= 15 is 0 Å². The Labute approximate surface area is 82.6 Å². The lowest BCUT2D eigenvalue weighted by Gasteiger charge is -2.31. The highest BCUT2D eigenvalue weighted by atomic mass is 28.3. The zero-order valence-electron chi connectivity index (χ0n) is 9.36. The Hall–Kier alpha value is -0.263. The Balaban J connectivity index is 2.75. The Bertz CT molecular complexity index is 258. The Morgan fingerprint density at radius 1 is 1.23 bits per heavy atom. The number of aliphatic hydroxyl groups is 1. The van der Waals surface area contributed by atoms with Crippen molar-refractivity contribution in [2.75, 3.05) is 0 Å². The summed E-state index contributed by atoms with van der Waals surface area (Å²) in [5.74, 6) is 3.05. The summed E-state index contributed by atoms with van der Waals surface area (Å²) in [4.78, 5) is 0. The summed E-state index contributed by atoms with van der Waals surface area (Å²) in [5.41, 5.74) is 2.74. The van der Waals surface area contributed by atoms with Crippen molar-refractivity contribution in [3.63, 3.8) is 0 Å². The molecule has 0 unspecified atom stereocenters. The monoisotopic (exact) mass is 196 g/mol. The molecule has 1 rings (SSSR count). The third kappa shape index (κ3) is 2.59. The van der Waals surface area contributed by atoms with Gasteiger partial charge in [-0.1, -0.05) is 39.8 Å². The third-order valence-electron chi connectivity index (χ3n) is 3.21. The van der Waals surface area contributed by atoms with Gasteiger partial charge >= 0.3 is 0 Å². The smallest absolute Gasteiger partial charge is 0.137 e. The molecule has 0 atom stereocenters. The van der Waals surface area contributed by atoms with Crippen LogP contribution in [0, 0.1) is 11.5 Å². The van der Waals surface area contributed by atoms with Crippen LogP contribution >= 0.6 is 0 Å². The van der Waals surface area contributed by atoms with E-state index in [1.165, 1.54) is 0 Å². The molecule has 2 heteroatoms. The summed E-state index contributed by atoms with van der Waals surface area (Å²) in [6, 6.07) is 0. The zero-order chi connectivity index (χ0) is 10.3. The van der Waals surface area contributed by atoms with Crippen molar-refractivity contribution in [1.82, 2.24) is 0 Å². The van der Waals surface area contributed by atoms with Crippen LogP contribution in [-0.2, 0) is 0 Å². The fourth-order valence-electron chi connectivity index (χ4n) is 0.703. The van der Waals surface area contributed by atoms with Gasteiger partial charge in [0.15, 0.2) is 0 Å². The lowest BCUT2D eigenvalue weighted by Crippen LogP contribution is -2.36. The maximum Gasteiger partial charge on any atom is 0.137 e. The second-order valence-electron chi connectivity index (χ2n) is 5.66. The van der Waals surface area contributed by atoms with E-state index in [0.29, 0.717) is 5.04 Å². The van der Waals surface area contributed by atoms with Crippen molar-refractivity contribution >= 4 is 8.07 Å². The molecule has 0 heterocycles. The van der Waals surface area contributed by atoms with Crippen LogP contribution < -0.4 is 0 Å². The quantitative estimate of drug-likeness (QED) is 0.466. The fraction of sp³-hybridized carbons (Fsp3) is 0.818. The van der Waals surface area contributed by atoms with Gasteiger partial charge in [0.25, 0.3) is 0 Å². The van der Waals surface area contributed by atoms with E-state index in [1.807, 2.05) is 0 Å². The second kappa shape index (κ2) is 2.86. The largest absolute Gasteiger partial charge is 0.378 e. The normalized spacial score (nSPS) is 20.5. The van der Waals surface area contributed by atoms with Crippen molar-refractivity contribution in [1.29, 1.82) is 0 Å². The summed E-state index contributed by atoms with van der Waals surface area (Å²) in [5, 5.41) is 9.90. The average Bonchev–Trinajstić information content (AvgIpc) is 2.63. The van der Waals surface area contributed by atoms with Gasteiger partial charge in [0.05, 0.1) is 0 Å². The second-order valence-corrected chi connectivity index (χ2v) is 10.7. The molecule has 0 aromatic carbocycles. The molecule has 1 fully saturated rings. The lowest BCUT2D eigenvalue weighted by molar-refractivity contribution is 0.212. The maximum absolute atomic E-state index is 9.61. The standard InChI is InChI=1S/C11H20OSi/c1-10(2,3)13(4,5)9-8-11(12)6-7-11/h12H,6-7H2,1-5H3. The molecule has 0 amide bonds. The molecule has 1 aliphatic rings. The van der Waals surface area contributed by atoms with Crippen LogP contribution in [0.3, 0.4) is 0 Å². The highest BCUT2D eigenvalue weighted by molar-refractivity contribution is 6.87. The Morgan fingerprint density at radius 3 is 2.00 bits per heavy atom. The first-order valence-electron chi connectivity index (χ1n) is 4.93. The fourth-order valence-corrected chi connectivity index (χ4v) is 1.62. The van der Waals surface area contributed by atoms with E-state index in [1.54, 1.807) is 0 Å². The number of rotatable bonds is 0. The minimum Gasteiger partial charge on any atom is -0.378 e. The molecule has 74 valence electrons. The summed E-state index contributed by atoms with van der Waals surface area (Å²) in [6.07, 6.45) is 1.74. The van der Waals surface area contributed by atoms with Crippen molar-refractivity contribution in [2.45, 2.75) is 57.3 Å². The highest BCUT2D eigenvalue weighted by Crippen LogP contribution is 2.37. The van der Waals surface area contributed by atoms with Crippen LogP contribution in [0.1, 0.15) is 33.6 Å². The topological polar surface area (TPSA) is 20.2 Å². The van der Waals surface area contributed by atoms with Gasteiger partial charge in [-0.3, -0.25) is 0 Å². The highest BCUT2D eigenvalue weighted by Gasteiger charge is 2.40. The maximum atomic E-state index is 9.61. The van der Waals surface area contributed by atoms with Gasteiger partial charge in [-0.25, -0.2) is 0 Å². The van der Waals surface area contributed by atoms with Gasteiger partial charge in [-0.15, -0.1) is 5.54 Å². The molecular formula is C11H20OSi. The molecule has 0 bridgehead atoms. The van der Waals surface area contributed by atoms with Gasteiger partial charge in [0, 0.05) is 0 Å². The van der Waals surface area contributed by atoms with E-state index in [9.17, 15) is 5.11 Å². The van der Waals surface area contributed by atoms with Gasteiger partial charge < -0.3 is 5.11 Å². The Morgan fingerprint density at radius 2 is 1.69 bits per heavy atom. The van der Waals surface area contributed by atoms with Crippen LogP contribution in [0.5, 0.6) is 0 Å². The molecule has 1 saturated carbocycles. The Kier molecular flexibility index (Phi) is 2.38. The predicted molar refractivity (Wildman–Crippen MR) is 59.2 cm³/mol. The minimum absolute atomic E-state index is 0.297. The van der Waals surface area contributed by atoms with E-state index < -0.39 is 13.7 Å². The molecule has 1 nitrogen and oxygen atoms in total. The molecule has 0 saturated heterocycles. The van der Waals surface area contributed by atoms with E-state index in [4.69, 9.17) is 0 Å². The third-order valence-corrected chi connectivity index (χ3v) is 7.71. The van der Waals surface area contributed by atoms with Gasteiger partial charge in [-0.05, 0) is 17.9 Å². The molecule has 0 aliphatic heterocycles. The summed E-state index contributed by atoms with van der Waals surface area (Å²) < 4.78 is 0. The van der Waals surface area contributed by atoms with Crippen molar-refractivity contribution in [3.05, 3.63) is 0 Å². The molecule has 0 radical (unpaired) electrons. The van der Waals surface area contributed by atoms with Gasteiger partial charge in [0.2, 0.25) is 0 Å². The van der Waals surface area contributed by atoms with Crippen LogP contribution in [0.25, 0.3) is 0 Å². The van der Waals surface area contributed by atoms with E-state index in [0.717, 1.165) is 12.8 Å². The van der Waals surface area contributed by atoms with E-state index in [-0.39, 0.29) is 0 Å². The average molecular weight is 196 g/mol. The summed E-state index contributed by atoms with van der Waals surface area (Å²) in [7, 11) is -1.50. The molecular weight excluding hydrogens is 176 g/mol. The minimum atomic E-state index is -1.50. The molecule has 1 N–H and O–H groups in total. The number of hydrogen-bond donors (Lipinski definition) is 1. The molecule has 13 heavy (non-hydrogen) atoms. The van der Waals surface area contributed by atoms with Gasteiger partial charge in [-0.2, -0.15) is 0 Å². The predicted octanol–water partition coefficient (Wildman–Crippen LogP) is 2.56. The molecule has 0 spiro atoms. The lowest BCUT2D eigenvalue weighted by atomic mass is 10.2. The van der Waals surface area contributed by atoms with Gasteiger partial charge in [0.1, 0.15) is 13.7 Å². The van der Waals surface area contributed by atoms with Crippen LogP contribution in [0.4, 0.5) is 0 Å². The zero-order valence-corrected chi connectivity index (χ0v) is 10.4. The summed E-state index contributed by atoms with van der Waals surface area (Å²) in [6.45, 7) is 11.3. The first kappa shape index (κ1) is 10.8. The summed E-state index contributed by atoms with van der Waals surface area (Å²) >= 11 is 0. The van der Waals surface area contributed by atoms with Crippen LogP contribution in [-0.4, -0.2) is 18.8 Å². The SMILES string of the molecule is CC(C)(C)[Si](C)(C)C#CC1(O)CC1. The van der Waals surface area contributed by atoms with E-state index in [2.05, 4.69) is 45.3 Å². The van der Waals surface area contributed by atoms with Crippen molar-refractivity contribution in [2.24, 2.45) is 0 Å².